The van der Waals surface area contributed by atoms with Crippen LogP contribution < -0.4 is 4.74 Å². The molecule has 3 nitrogen and oxygen atoms in total. The summed E-state index contributed by atoms with van der Waals surface area (Å²) in [4.78, 5) is 0. The molecule has 0 N–H and O–H groups in total. The van der Waals surface area contributed by atoms with E-state index < -0.39 is 0 Å². The van der Waals surface area contributed by atoms with E-state index in [0.717, 1.165) is 31.9 Å². The van der Waals surface area contributed by atoms with Gasteiger partial charge in [0, 0.05) is 24.7 Å². The SMILES string of the molecule is CCOc1cccc2c1ccn2CCOCCC(C)C. The lowest BCUT2D eigenvalue weighted by Crippen LogP contribution is -2.07. The van der Waals surface area contributed by atoms with Crippen LogP contribution in [0.4, 0.5) is 0 Å². The van der Waals surface area contributed by atoms with E-state index in [1.165, 1.54) is 10.9 Å². The zero-order valence-electron chi connectivity index (χ0n) is 12.8. The molecule has 0 unspecified atom stereocenters. The van der Waals surface area contributed by atoms with E-state index in [2.05, 4.69) is 36.7 Å². The van der Waals surface area contributed by atoms with Crippen molar-refractivity contribution in [1.82, 2.24) is 4.57 Å². The molecule has 1 heterocycles. The van der Waals surface area contributed by atoms with Crippen molar-refractivity contribution >= 4 is 10.9 Å². The van der Waals surface area contributed by atoms with Crippen LogP contribution in [-0.4, -0.2) is 24.4 Å². The summed E-state index contributed by atoms with van der Waals surface area (Å²) in [5, 5.41) is 1.18. The Bertz CT molecular complexity index is 531. The van der Waals surface area contributed by atoms with Crippen molar-refractivity contribution in [2.45, 2.75) is 33.7 Å². The summed E-state index contributed by atoms with van der Waals surface area (Å²) in [6, 6.07) is 8.32. The summed E-state index contributed by atoms with van der Waals surface area (Å²) >= 11 is 0. The van der Waals surface area contributed by atoms with Crippen molar-refractivity contribution in [2.24, 2.45) is 5.92 Å². The van der Waals surface area contributed by atoms with Gasteiger partial charge in [-0.05, 0) is 37.5 Å². The van der Waals surface area contributed by atoms with E-state index >= 15 is 0 Å². The van der Waals surface area contributed by atoms with Crippen LogP contribution in [0.25, 0.3) is 10.9 Å². The van der Waals surface area contributed by atoms with Gasteiger partial charge in [-0.2, -0.15) is 0 Å². The van der Waals surface area contributed by atoms with Gasteiger partial charge in [-0.25, -0.2) is 0 Å². The predicted molar refractivity (Wildman–Crippen MR) is 83.4 cm³/mol. The molecule has 2 aromatic rings. The fourth-order valence-corrected chi connectivity index (χ4v) is 2.26. The number of fused-ring (bicyclic) bond motifs is 1. The molecule has 0 aliphatic carbocycles. The van der Waals surface area contributed by atoms with E-state index in [9.17, 15) is 0 Å². The number of hydrogen-bond donors (Lipinski definition) is 0. The van der Waals surface area contributed by atoms with Crippen molar-refractivity contribution in [3.63, 3.8) is 0 Å². The summed E-state index contributed by atoms with van der Waals surface area (Å²) in [6.45, 7) is 9.64. The monoisotopic (exact) mass is 275 g/mol. The first-order chi connectivity index (χ1) is 9.72. The second kappa shape index (κ2) is 7.34. The lowest BCUT2D eigenvalue weighted by Gasteiger charge is -2.09. The third-order valence-corrected chi connectivity index (χ3v) is 3.39. The van der Waals surface area contributed by atoms with E-state index in [1.807, 2.05) is 19.1 Å². The van der Waals surface area contributed by atoms with Gasteiger partial charge in [0.25, 0.3) is 0 Å². The van der Waals surface area contributed by atoms with Crippen molar-refractivity contribution in [3.05, 3.63) is 30.5 Å². The molecule has 0 aliphatic rings. The van der Waals surface area contributed by atoms with Crippen molar-refractivity contribution in [2.75, 3.05) is 19.8 Å². The van der Waals surface area contributed by atoms with Gasteiger partial charge in [-0.3, -0.25) is 0 Å². The lowest BCUT2D eigenvalue weighted by atomic mass is 10.1. The second-order valence-corrected chi connectivity index (χ2v) is 5.43. The largest absolute Gasteiger partial charge is 0.493 e. The zero-order valence-corrected chi connectivity index (χ0v) is 12.8. The highest BCUT2D eigenvalue weighted by Crippen LogP contribution is 2.26. The smallest absolute Gasteiger partial charge is 0.128 e. The molecule has 0 amide bonds. The normalized spacial score (nSPS) is 11.4. The van der Waals surface area contributed by atoms with Crippen molar-refractivity contribution in [1.29, 1.82) is 0 Å². The quantitative estimate of drug-likeness (QED) is 0.677. The minimum atomic E-state index is 0.697. The van der Waals surface area contributed by atoms with Crippen LogP contribution in [0, 0.1) is 5.92 Å². The highest BCUT2D eigenvalue weighted by Gasteiger charge is 2.06. The molecular weight excluding hydrogens is 250 g/mol. The molecule has 0 atom stereocenters. The van der Waals surface area contributed by atoms with E-state index in [1.54, 1.807) is 0 Å². The molecule has 0 saturated carbocycles. The summed E-state index contributed by atoms with van der Waals surface area (Å²) in [6.07, 6.45) is 3.24. The highest BCUT2D eigenvalue weighted by molar-refractivity contribution is 5.86. The third-order valence-electron chi connectivity index (χ3n) is 3.39. The summed E-state index contributed by atoms with van der Waals surface area (Å²) < 4.78 is 13.6. The van der Waals surface area contributed by atoms with Crippen LogP contribution in [0.3, 0.4) is 0 Å². The van der Waals surface area contributed by atoms with Gasteiger partial charge < -0.3 is 14.0 Å². The van der Waals surface area contributed by atoms with Gasteiger partial charge in [0.05, 0.1) is 18.7 Å². The summed E-state index contributed by atoms with van der Waals surface area (Å²) in [7, 11) is 0. The Morgan fingerprint density at radius 3 is 2.75 bits per heavy atom. The average molecular weight is 275 g/mol. The Hall–Kier alpha value is -1.48. The topological polar surface area (TPSA) is 23.4 Å². The molecule has 0 saturated heterocycles. The number of benzene rings is 1. The Morgan fingerprint density at radius 1 is 1.15 bits per heavy atom. The first-order valence-corrected chi connectivity index (χ1v) is 7.50. The molecule has 2 rings (SSSR count). The number of rotatable bonds is 8. The van der Waals surface area contributed by atoms with Crippen LogP contribution in [0.1, 0.15) is 27.2 Å². The second-order valence-electron chi connectivity index (χ2n) is 5.43. The first-order valence-electron chi connectivity index (χ1n) is 7.50. The molecule has 0 spiro atoms. The van der Waals surface area contributed by atoms with Crippen LogP contribution in [-0.2, 0) is 11.3 Å². The average Bonchev–Trinajstić information content (AvgIpc) is 2.83. The Labute approximate surface area is 121 Å². The van der Waals surface area contributed by atoms with Gasteiger partial charge in [0.1, 0.15) is 5.75 Å². The molecule has 110 valence electrons. The molecule has 1 aromatic carbocycles. The fraction of sp³-hybridized carbons (Fsp3) is 0.529. The van der Waals surface area contributed by atoms with Gasteiger partial charge >= 0.3 is 0 Å². The Morgan fingerprint density at radius 2 is 2.00 bits per heavy atom. The van der Waals surface area contributed by atoms with Crippen LogP contribution in [0.2, 0.25) is 0 Å². The van der Waals surface area contributed by atoms with Crippen molar-refractivity contribution < 1.29 is 9.47 Å². The fourth-order valence-electron chi connectivity index (χ4n) is 2.26. The maximum Gasteiger partial charge on any atom is 0.128 e. The van der Waals surface area contributed by atoms with E-state index in [-0.39, 0.29) is 0 Å². The summed E-state index contributed by atoms with van der Waals surface area (Å²) in [5.74, 6) is 1.67. The molecule has 3 heteroatoms. The number of aromatic nitrogens is 1. The van der Waals surface area contributed by atoms with E-state index in [4.69, 9.17) is 9.47 Å². The van der Waals surface area contributed by atoms with Crippen LogP contribution >= 0.6 is 0 Å². The molecule has 0 radical (unpaired) electrons. The standard InChI is InChI=1S/C17H25NO2/c1-4-20-17-7-5-6-16-15(17)8-10-18(16)11-13-19-12-9-14(2)3/h5-8,10,14H,4,9,11-13H2,1-3H3. The number of hydrogen-bond acceptors (Lipinski definition) is 2. The molecule has 1 aromatic heterocycles. The third kappa shape index (κ3) is 3.76. The molecular formula is C17H25NO2. The number of nitrogens with zero attached hydrogens (tertiary/aromatic N) is 1. The van der Waals surface area contributed by atoms with E-state index in [0.29, 0.717) is 12.5 Å². The Balaban J connectivity index is 1.95. The zero-order chi connectivity index (χ0) is 14.4. The highest BCUT2D eigenvalue weighted by atomic mass is 16.5. The lowest BCUT2D eigenvalue weighted by molar-refractivity contribution is 0.117. The number of ether oxygens (including phenoxy) is 2. The minimum absolute atomic E-state index is 0.697. The maximum absolute atomic E-state index is 5.69. The van der Waals surface area contributed by atoms with Gasteiger partial charge in [0.15, 0.2) is 0 Å². The minimum Gasteiger partial charge on any atom is -0.493 e. The van der Waals surface area contributed by atoms with Gasteiger partial charge in [-0.1, -0.05) is 19.9 Å². The molecule has 0 aliphatic heterocycles. The molecule has 0 bridgehead atoms. The predicted octanol–water partition coefficient (Wildman–Crippen LogP) is 4.10. The molecule has 20 heavy (non-hydrogen) atoms. The van der Waals surface area contributed by atoms with Gasteiger partial charge in [-0.15, -0.1) is 0 Å². The molecule has 0 fully saturated rings. The summed E-state index contributed by atoms with van der Waals surface area (Å²) in [5.41, 5.74) is 1.21. The maximum atomic E-state index is 5.69. The Kier molecular flexibility index (Phi) is 5.48. The van der Waals surface area contributed by atoms with Crippen molar-refractivity contribution in [3.8, 4) is 5.75 Å². The van der Waals surface area contributed by atoms with Crippen LogP contribution in [0.5, 0.6) is 5.75 Å². The van der Waals surface area contributed by atoms with Gasteiger partial charge in [0.2, 0.25) is 0 Å². The first kappa shape index (κ1) is 14.9. The van der Waals surface area contributed by atoms with Crippen LogP contribution in [0.15, 0.2) is 30.5 Å².